The first-order valence-electron chi connectivity index (χ1n) is 10.9. The fourth-order valence-electron chi connectivity index (χ4n) is 3.93. The molecule has 7 heteroatoms. The van der Waals surface area contributed by atoms with Crippen LogP contribution in [0, 0.1) is 5.82 Å². The van der Waals surface area contributed by atoms with Gasteiger partial charge in [-0.15, -0.1) is 0 Å². The number of carbonyl (C=O) groups is 1. The lowest BCUT2D eigenvalue weighted by Crippen LogP contribution is -2.16. The number of ether oxygens (including phenoxy) is 4. The molecule has 0 amide bonds. The molecular weight excluding hydrogens is 437 g/mol. The van der Waals surface area contributed by atoms with Crippen LogP contribution in [-0.4, -0.2) is 31.1 Å². The monoisotopic (exact) mass is 459 g/mol. The lowest BCUT2D eigenvalue weighted by molar-refractivity contribution is -0.117. The minimum Gasteiger partial charge on any atom is -0.493 e. The van der Waals surface area contributed by atoms with Crippen LogP contribution >= 0.6 is 0 Å². The summed E-state index contributed by atoms with van der Waals surface area (Å²) >= 11 is 0. The maximum absolute atomic E-state index is 13.0. The van der Waals surface area contributed by atoms with E-state index in [1.165, 1.54) is 12.1 Å². The highest BCUT2D eigenvalue weighted by molar-refractivity contribution is 5.95. The average Bonchev–Trinajstić information content (AvgIpc) is 2.86. The predicted octanol–water partition coefficient (Wildman–Crippen LogP) is 5.30. The minimum absolute atomic E-state index is 0.0538. The molecule has 0 N–H and O–H groups in total. The van der Waals surface area contributed by atoms with E-state index >= 15 is 0 Å². The Hall–Kier alpha value is -4.13. The van der Waals surface area contributed by atoms with E-state index in [9.17, 15) is 9.18 Å². The first kappa shape index (κ1) is 21.7. The Morgan fingerprint density at radius 2 is 1.56 bits per heavy atom. The number of hydrogen-bond donors (Lipinski definition) is 0. The van der Waals surface area contributed by atoms with Gasteiger partial charge < -0.3 is 18.9 Å². The van der Waals surface area contributed by atoms with E-state index < -0.39 is 0 Å². The summed E-state index contributed by atoms with van der Waals surface area (Å²) in [6, 6.07) is 16.9. The van der Waals surface area contributed by atoms with E-state index in [1.807, 2.05) is 24.3 Å². The number of ketones is 1. The van der Waals surface area contributed by atoms with Crippen LogP contribution < -0.4 is 18.9 Å². The summed E-state index contributed by atoms with van der Waals surface area (Å²) < 4.78 is 36.3. The smallest absolute Gasteiger partial charge is 0.204 e. The Morgan fingerprint density at radius 3 is 2.24 bits per heavy atom. The van der Waals surface area contributed by atoms with Gasteiger partial charge in [-0.05, 0) is 41.5 Å². The van der Waals surface area contributed by atoms with Crippen LogP contribution in [0.2, 0.25) is 0 Å². The highest BCUT2D eigenvalue weighted by Crippen LogP contribution is 2.48. The summed E-state index contributed by atoms with van der Waals surface area (Å²) in [5.41, 5.74) is 2.33. The molecule has 0 saturated heterocycles. The number of hydrogen-bond acceptors (Lipinski definition) is 6. The third kappa shape index (κ3) is 4.50. The summed E-state index contributed by atoms with van der Waals surface area (Å²) in [6.07, 6.45) is 2.21. The molecule has 5 rings (SSSR count). The summed E-state index contributed by atoms with van der Waals surface area (Å²) in [6.45, 7) is 0.858. The Bertz CT molecular complexity index is 1340. The molecule has 0 atom stereocenters. The van der Waals surface area contributed by atoms with Crippen molar-refractivity contribution in [2.45, 2.75) is 12.8 Å². The number of halogens is 1. The number of Topliss-reactive ketones (excluding diaryl/α,β-unsaturated/α-hetero) is 1. The predicted molar refractivity (Wildman–Crippen MR) is 125 cm³/mol. The summed E-state index contributed by atoms with van der Waals surface area (Å²) in [4.78, 5) is 16.8. The molecule has 3 aromatic carbocycles. The first-order chi connectivity index (χ1) is 16.6. The number of methoxy groups -OCH3 is 1. The van der Waals surface area contributed by atoms with Crippen molar-refractivity contribution >= 4 is 16.7 Å². The van der Waals surface area contributed by atoms with Crippen LogP contribution in [0.15, 0.2) is 66.9 Å². The number of nitrogens with zero attached hydrogens (tertiary/aromatic N) is 1. The highest BCUT2D eigenvalue weighted by Gasteiger charge is 2.24. The lowest BCUT2D eigenvalue weighted by atomic mass is 10.0. The molecular formula is C27H22FNO5. The van der Waals surface area contributed by atoms with Crippen LogP contribution in [0.3, 0.4) is 0 Å². The molecule has 2 heterocycles. The molecule has 0 radical (unpaired) electrons. The molecule has 172 valence electrons. The number of aromatic nitrogens is 1. The number of fused-ring (bicyclic) bond motifs is 3. The molecule has 1 aromatic heterocycles. The van der Waals surface area contributed by atoms with Crippen molar-refractivity contribution in [3.8, 4) is 28.7 Å². The van der Waals surface area contributed by atoms with E-state index in [2.05, 4.69) is 4.98 Å². The van der Waals surface area contributed by atoms with Crippen molar-refractivity contribution < 1.29 is 28.1 Å². The maximum Gasteiger partial charge on any atom is 0.204 e. The van der Waals surface area contributed by atoms with Crippen molar-refractivity contribution in [1.82, 2.24) is 4.98 Å². The zero-order valence-corrected chi connectivity index (χ0v) is 18.5. The van der Waals surface area contributed by atoms with E-state index in [0.717, 1.165) is 11.1 Å². The van der Waals surface area contributed by atoms with Gasteiger partial charge in [0.25, 0.3) is 0 Å². The van der Waals surface area contributed by atoms with Crippen molar-refractivity contribution in [2.24, 2.45) is 0 Å². The lowest BCUT2D eigenvalue weighted by Gasteiger charge is -2.23. The van der Waals surface area contributed by atoms with Gasteiger partial charge in [0, 0.05) is 25.1 Å². The number of benzene rings is 3. The second kappa shape index (κ2) is 9.39. The van der Waals surface area contributed by atoms with Gasteiger partial charge >= 0.3 is 0 Å². The normalized spacial score (nSPS) is 12.4. The van der Waals surface area contributed by atoms with Crippen LogP contribution in [0.4, 0.5) is 4.39 Å². The molecule has 0 fully saturated rings. The van der Waals surface area contributed by atoms with Crippen LogP contribution in [0.5, 0.6) is 28.7 Å². The average molecular weight is 459 g/mol. The second-order valence-corrected chi connectivity index (χ2v) is 7.90. The molecule has 0 unspecified atom stereocenters. The summed E-state index contributed by atoms with van der Waals surface area (Å²) in [5, 5.41) is 0.705. The molecule has 6 nitrogen and oxygen atoms in total. The van der Waals surface area contributed by atoms with Crippen molar-refractivity contribution in [3.63, 3.8) is 0 Å². The molecule has 1 aliphatic rings. The first-order valence-corrected chi connectivity index (χ1v) is 10.9. The molecule has 0 spiro atoms. The Kier molecular flexibility index (Phi) is 5.99. The van der Waals surface area contributed by atoms with Gasteiger partial charge in [0.05, 0.1) is 18.0 Å². The SMILES string of the molecule is COc1cc2nccc(Oc3ccc(CC(=O)Cc4ccc(F)cc4)cc3)c2c2c1OCCO2. The third-order valence-corrected chi connectivity index (χ3v) is 5.53. The molecule has 0 bridgehead atoms. The van der Waals surface area contributed by atoms with Gasteiger partial charge in [0.2, 0.25) is 5.75 Å². The van der Waals surface area contributed by atoms with Crippen molar-refractivity contribution in [1.29, 1.82) is 0 Å². The Labute approximate surface area is 195 Å². The van der Waals surface area contributed by atoms with Gasteiger partial charge in [-0.1, -0.05) is 24.3 Å². The largest absolute Gasteiger partial charge is 0.493 e. The van der Waals surface area contributed by atoms with Crippen LogP contribution in [-0.2, 0) is 17.6 Å². The summed E-state index contributed by atoms with van der Waals surface area (Å²) in [7, 11) is 1.58. The molecule has 34 heavy (non-hydrogen) atoms. The molecule has 1 aliphatic heterocycles. The van der Waals surface area contributed by atoms with E-state index in [1.54, 1.807) is 37.6 Å². The highest BCUT2D eigenvalue weighted by atomic mass is 19.1. The quantitative estimate of drug-likeness (QED) is 0.374. The standard InChI is InChI=1S/C27H22FNO5/c1-31-24-16-22-25(27-26(24)32-12-13-33-27)23(10-11-29-22)34-21-8-4-18(5-9-21)15-20(30)14-17-2-6-19(28)7-3-17/h2-11,16H,12-15H2,1H3. The fourth-order valence-corrected chi connectivity index (χ4v) is 3.93. The van der Waals surface area contributed by atoms with Gasteiger partial charge in [0.15, 0.2) is 11.5 Å². The van der Waals surface area contributed by atoms with E-state index in [0.29, 0.717) is 52.9 Å². The second-order valence-electron chi connectivity index (χ2n) is 7.90. The van der Waals surface area contributed by atoms with E-state index in [-0.39, 0.29) is 24.4 Å². The van der Waals surface area contributed by atoms with Crippen LogP contribution in [0.25, 0.3) is 10.9 Å². The zero-order valence-electron chi connectivity index (χ0n) is 18.5. The Morgan fingerprint density at radius 1 is 0.912 bits per heavy atom. The maximum atomic E-state index is 13.0. The third-order valence-electron chi connectivity index (χ3n) is 5.53. The zero-order chi connectivity index (χ0) is 23.5. The molecule has 0 aliphatic carbocycles. The van der Waals surface area contributed by atoms with E-state index in [4.69, 9.17) is 18.9 Å². The molecule has 4 aromatic rings. The van der Waals surface area contributed by atoms with Gasteiger partial charge in [-0.3, -0.25) is 9.78 Å². The van der Waals surface area contributed by atoms with Crippen molar-refractivity contribution in [3.05, 3.63) is 83.8 Å². The van der Waals surface area contributed by atoms with Gasteiger partial charge in [0.1, 0.15) is 36.3 Å². The van der Waals surface area contributed by atoms with Crippen molar-refractivity contribution in [2.75, 3.05) is 20.3 Å². The van der Waals surface area contributed by atoms with Crippen LogP contribution in [0.1, 0.15) is 11.1 Å². The topological polar surface area (TPSA) is 66.9 Å². The molecule has 0 saturated carbocycles. The Balaban J connectivity index is 1.34. The fraction of sp³-hybridized carbons (Fsp3) is 0.185. The van der Waals surface area contributed by atoms with Gasteiger partial charge in [-0.25, -0.2) is 4.39 Å². The van der Waals surface area contributed by atoms with Gasteiger partial charge in [-0.2, -0.15) is 0 Å². The number of carbonyl (C=O) groups excluding carboxylic acids is 1. The number of pyridine rings is 1. The minimum atomic E-state index is -0.312. The summed E-state index contributed by atoms with van der Waals surface area (Å²) in [5.74, 6) is 2.58. The number of rotatable bonds is 7.